The molecule has 2 heterocycles. The second-order valence-corrected chi connectivity index (χ2v) is 5.66. The van der Waals surface area contributed by atoms with Gasteiger partial charge >= 0.3 is 12.0 Å². The zero-order valence-corrected chi connectivity index (χ0v) is 12.2. The zero-order valence-electron chi connectivity index (χ0n) is 12.2. The van der Waals surface area contributed by atoms with E-state index in [0.717, 1.165) is 25.9 Å². The average Bonchev–Trinajstić information content (AvgIpc) is 2.49. The molecule has 7 nitrogen and oxygen atoms in total. The monoisotopic (exact) mass is 300 g/mol. The van der Waals surface area contributed by atoms with Gasteiger partial charge in [0.15, 0.2) is 0 Å². The number of carbonyl (C=O) groups is 2. The van der Waals surface area contributed by atoms with Crippen molar-refractivity contribution in [2.24, 2.45) is 0 Å². The highest BCUT2D eigenvalue weighted by atomic mass is 16.5. The van der Waals surface area contributed by atoms with E-state index < -0.39 is 17.5 Å². The molecule has 2 aliphatic heterocycles. The number of rotatable bonds is 5. The predicted molar refractivity (Wildman–Crippen MR) is 75.2 cm³/mol. The summed E-state index contributed by atoms with van der Waals surface area (Å²) in [5, 5.41) is 14.7. The Bertz CT molecular complexity index is 362. The maximum atomic E-state index is 11.9. The quantitative estimate of drug-likeness (QED) is 0.700. The summed E-state index contributed by atoms with van der Waals surface area (Å²) in [6.07, 6.45) is 4.85. The van der Waals surface area contributed by atoms with Gasteiger partial charge in [-0.3, -0.25) is 0 Å². The fourth-order valence-electron chi connectivity index (χ4n) is 2.76. The Balaban J connectivity index is 1.73. The first-order valence-corrected chi connectivity index (χ1v) is 7.61. The van der Waals surface area contributed by atoms with Crippen LogP contribution in [0.1, 0.15) is 38.5 Å². The van der Waals surface area contributed by atoms with Gasteiger partial charge in [0.1, 0.15) is 5.54 Å². The third-order valence-electron chi connectivity index (χ3n) is 4.13. The Labute approximate surface area is 124 Å². The molecule has 0 spiro atoms. The van der Waals surface area contributed by atoms with Crippen LogP contribution < -0.4 is 10.6 Å². The number of amides is 2. The molecule has 0 aromatic carbocycles. The summed E-state index contributed by atoms with van der Waals surface area (Å²) in [5.41, 5.74) is -1.20. The number of nitrogens with one attached hydrogen (secondary N) is 2. The summed E-state index contributed by atoms with van der Waals surface area (Å²) < 4.78 is 10.8. The van der Waals surface area contributed by atoms with Crippen LogP contribution in [0.5, 0.6) is 0 Å². The molecule has 120 valence electrons. The molecular formula is C14H24N2O5. The SMILES string of the molecule is O=C(NCCC1CCCCO1)NC1(C(=O)O)CCOCC1. The van der Waals surface area contributed by atoms with Crippen LogP contribution in [0.25, 0.3) is 0 Å². The van der Waals surface area contributed by atoms with Gasteiger partial charge in [0, 0.05) is 39.2 Å². The van der Waals surface area contributed by atoms with Crippen molar-refractivity contribution in [3.63, 3.8) is 0 Å². The molecule has 1 atom stereocenters. The lowest BCUT2D eigenvalue weighted by Gasteiger charge is -2.33. The average molecular weight is 300 g/mol. The number of hydrogen-bond acceptors (Lipinski definition) is 4. The number of carboxylic acids is 1. The first-order valence-electron chi connectivity index (χ1n) is 7.61. The van der Waals surface area contributed by atoms with Gasteiger partial charge in [0.05, 0.1) is 6.10 Å². The Kier molecular flexibility index (Phi) is 5.81. The Morgan fingerprint density at radius 2 is 1.95 bits per heavy atom. The molecule has 1 unspecified atom stereocenters. The summed E-state index contributed by atoms with van der Waals surface area (Å²) in [4.78, 5) is 23.3. The van der Waals surface area contributed by atoms with Crippen molar-refractivity contribution in [3.8, 4) is 0 Å². The van der Waals surface area contributed by atoms with E-state index in [1.165, 1.54) is 6.42 Å². The van der Waals surface area contributed by atoms with Gasteiger partial charge in [-0.1, -0.05) is 0 Å². The maximum Gasteiger partial charge on any atom is 0.329 e. The largest absolute Gasteiger partial charge is 0.480 e. The number of urea groups is 1. The van der Waals surface area contributed by atoms with Crippen LogP contribution in [0.4, 0.5) is 4.79 Å². The molecule has 2 aliphatic rings. The van der Waals surface area contributed by atoms with E-state index in [9.17, 15) is 14.7 Å². The predicted octanol–water partition coefficient (Wildman–Crippen LogP) is 0.879. The van der Waals surface area contributed by atoms with Crippen LogP contribution in [-0.4, -0.2) is 55.1 Å². The number of carbonyl (C=O) groups excluding carboxylic acids is 1. The van der Waals surface area contributed by atoms with Crippen molar-refractivity contribution in [3.05, 3.63) is 0 Å². The minimum atomic E-state index is -1.20. The molecule has 7 heteroatoms. The summed E-state index contributed by atoms with van der Waals surface area (Å²) in [6, 6.07) is -0.435. The lowest BCUT2D eigenvalue weighted by Crippen LogP contribution is -2.59. The first-order chi connectivity index (χ1) is 10.1. The summed E-state index contributed by atoms with van der Waals surface area (Å²) in [7, 11) is 0. The van der Waals surface area contributed by atoms with Crippen LogP contribution in [0.2, 0.25) is 0 Å². The number of carboxylic acid groups (broad SMARTS) is 1. The van der Waals surface area contributed by atoms with E-state index in [0.29, 0.717) is 32.6 Å². The molecule has 0 radical (unpaired) electrons. The van der Waals surface area contributed by atoms with Crippen molar-refractivity contribution in [2.75, 3.05) is 26.4 Å². The van der Waals surface area contributed by atoms with Gasteiger partial charge < -0.3 is 25.2 Å². The lowest BCUT2D eigenvalue weighted by atomic mass is 9.90. The highest BCUT2D eigenvalue weighted by Gasteiger charge is 2.41. The van der Waals surface area contributed by atoms with Crippen molar-refractivity contribution in [1.29, 1.82) is 0 Å². The molecule has 0 aromatic heterocycles. The Hall–Kier alpha value is -1.34. The topological polar surface area (TPSA) is 96.9 Å². The van der Waals surface area contributed by atoms with Crippen molar-refractivity contribution in [1.82, 2.24) is 10.6 Å². The maximum absolute atomic E-state index is 11.9. The Morgan fingerprint density at radius 1 is 1.19 bits per heavy atom. The third kappa shape index (κ3) is 4.57. The first kappa shape index (κ1) is 16.0. The van der Waals surface area contributed by atoms with E-state index in [2.05, 4.69) is 10.6 Å². The van der Waals surface area contributed by atoms with Gasteiger partial charge in [-0.05, 0) is 25.7 Å². The van der Waals surface area contributed by atoms with Crippen LogP contribution in [-0.2, 0) is 14.3 Å². The molecular weight excluding hydrogens is 276 g/mol. The van der Waals surface area contributed by atoms with Crippen molar-refractivity contribution in [2.45, 2.75) is 50.2 Å². The summed E-state index contributed by atoms with van der Waals surface area (Å²) >= 11 is 0. The van der Waals surface area contributed by atoms with Gasteiger partial charge in [0.25, 0.3) is 0 Å². The van der Waals surface area contributed by atoms with Gasteiger partial charge in [-0.25, -0.2) is 9.59 Å². The minimum Gasteiger partial charge on any atom is -0.480 e. The lowest BCUT2D eigenvalue weighted by molar-refractivity contribution is -0.148. The fourth-order valence-corrected chi connectivity index (χ4v) is 2.76. The summed E-state index contributed by atoms with van der Waals surface area (Å²) in [5.74, 6) is -1.00. The summed E-state index contributed by atoms with van der Waals surface area (Å²) in [6.45, 7) is 1.98. The van der Waals surface area contributed by atoms with Crippen LogP contribution in [0, 0.1) is 0 Å². The molecule has 2 fully saturated rings. The minimum absolute atomic E-state index is 0.204. The third-order valence-corrected chi connectivity index (χ3v) is 4.13. The van der Waals surface area contributed by atoms with Gasteiger partial charge in [-0.2, -0.15) is 0 Å². The molecule has 0 saturated carbocycles. The molecule has 21 heavy (non-hydrogen) atoms. The number of ether oxygens (including phenoxy) is 2. The molecule has 3 N–H and O–H groups in total. The zero-order chi connectivity index (χ0) is 15.1. The van der Waals surface area contributed by atoms with E-state index in [4.69, 9.17) is 9.47 Å². The van der Waals surface area contributed by atoms with Crippen molar-refractivity contribution >= 4 is 12.0 Å². The standard InChI is InChI=1S/C14H24N2O5/c17-12(18)14(5-9-20-10-6-14)16-13(19)15-7-4-11-3-1-2-8-21-11/h11H,1-10H2,(H,17,18)(H2,15,16,19). The smallest absolute Gasteiger partial charge is 0.329 e. The molecule has 2 rings (SSSR count). The van der Waals surface area contributed by atoms with Gasteiger partial charge in [-0.15, -0.1) is 0 Å². The van der Waals surface area contributed by atoms with E-state index in [-0.39, 0.29) is 6.10 Å². The molecule has 0 aromatic rings. The van der Waals surface area contributed by atoms with Crippen LogP contribution in [0.15, 0.2) is 0 Å². The molecule has 0 bridgehead atoms. The molecule has 0 aliphatic carbocycles. The fraction of sp³-hybridized carbons (Fsp3) is 0.857. The molecule has 2 amide bonds. The number of hydrogen-bond donors (Lipinski definition) is 3. The number of aliphatic carboxylic acids is 1. The van der Waals surface area contributed by atoms with Gasteiger partial charge in [0.2, 0.25) is 0 Å². The van der Waals surface area contributed by atoms with E-state index in [1.807, 2.05) is 0 Å². The van der Waals surface area contributed by atoms with Crippen LogP contribution in [0.3, 0.4) is 0 Å². The van der Waals surface area contributed by atoms with Crippen LogP contribution >= 0.6 is 0 Å². The molecule has 2 saturated heterocycles. The van der Waals surface area contributed by atoms with Crippen molar-refractivity contribution < 1.29 is 24.2 Å². The highest BCUT2D eigenvalue weighted by Crippen LogP contribution is 2.21. The second-order valence-electron chi connectivity index (χ2n) is 5.66. The van der Waals surface area contributed by atoms with E-state index in [1.54, 1.807) is 0 Å². The van der Waals surface area contributed by atoms with E-state index >= 15 is 0 Å². The highest BCUT2D eigenvalue weighted by molar-refractivity contribution is 5.86. The Morgan fingerprint density at radius 3 is 2.57 bits per heavy atom. The second kappa shape index (κ2) is 7.61. The normalized spacial score (nSPS) is 25.0.